The molecule has 7 heteroatoms. The van der Waals surface area contributed by atoms with Crippen LogP contribution in [0.5, 0.6) is 0 Å². The van der Waals surface area contributed by atoms with Gasteiger partial charge in [-0.3, -0.25) is 14.5 Å². The van der Waals surface area contributed by atoms with Gasteiger partial charge < -0.3 is 10.2 Å². The van der Waals surface area contributed by atoms with Crippen LogP contribution >= 0.6 is 0 Å². The van der Waals surface area contributed by atoms with Gasteiger partial charge >= 0.3 is 0 Å². The summed E-state index contributed by atoms with van der Waals surface area (Å²) in [6, 6.07) is 11.1. The number of benzene rings is 2. The highest BCUT2D eigenvalue weighted by Gasteiger charge is 2.33. The predicted octanol–water partition coefficient (Wildman–Crippen LogP) is 5.01. The number of carbonyl (C=O) groups is 2. The minimum absolute atomic E-state index is 0.0614. The summed E-state index contributed by atoms with van der Waals surface area (Å²) < 4.78 is 29.4. The first-order valence-electron chi connectivity index (χ1n) is 12.2. The average molecular weight is 470 g/mol. The number of rotatable bonds is 6. The smallest absolute Gasteiger partial charge is 0.263 e. The Morgan fingerprint density at radius 3 is 2.47 bits per heavy atom. The molecule has 2 aromatic carbocycles. The Bertz CT molecular complexity index is 1020. The lowest BCUT2D eigenvalue weighted by atomic mass is 10.0. The van der Waals surface area contributed by atoms with Crippen LogP contribution in [0.25, 0.3) is 0 Å². The van der Waals surface area contributed by atoms with Gasteiger partial charge in [0.2, 0.25) is 12.1 Å². The summed E-state index contributed by atoms with van der Waals surface area (Å²) in [7, 11) is 0. The third kappa shape index (κ3) is 5.30. The summed E-state index contributed by atoms with van der Waals surface area (Å²) in [6.07, 6.45) is 2.42. The number of piperazine rings is 1. The maximum Gasteiger partial charge on any atom is 0.263 e. The van der Waals surface area contributed by atoms with Crippen molar-refractivity contribution in [2.24, 2.45) is 5.92 Å². The van der Waals surface area contributed by atoms with E-state index >= 15 is 0 Å². The molecular formula is C27H33F2N3O2. The van der Waals surface area contributed by atoms with Crippen molar-refractivity contribution in [3.05, 3.63) is 65.0 Å². The Labute approximate surface area is 200 Å². The Kier molecular flexibility index (Phi) is 7.61. The zero-order valence-electron chi connectivity index (χ0n) is 19.9. The van der Waals surface area contributed by atoms with Crippen LogP contribution in [-0.2, 0) is 16.1 Å². The quantitative estimate of drug-likeness (QED) is 0.647. The molecule has 1 aliphatic carbocycles. The maximum absolute atomic E-state index is 14.8. The number of amides is 2. The van der Waals surface area contributed by atoms with Crippen LogP contribution in [0.1, 0.15) is 55.5 Å². The molecule has 1 unspecified atom stereocenters. The van der Waals surface area contributed by atoms with E-state index in [4.69, 9.17) is 0 Å². The fourth-order valence-electron chi connectivity index (χ4n) is 5.16. The van der Waals surface area contributed by atoms with E-state index in [9.17, 15) is 18.4 Å². The van der Waals surface area contributed by atoms with Crippen LogP contribution < -0.4 is 5.32 Å². The molecule has 1 heterocycles. The van der Waals surface area contributed by atoms with E-state index in [1.807, 2.05) is 11.8 Å². The number of nitrogens with one attached hydrogen (secondary N) is 1. The molecule has 2 atom stereocenters. The number of carbonyl (C=O) groups excluding carboxylic acids is 2. The van der Waals surface area contributed by atoms with Crippen LogP contribution in [0.2, 0.25) is 0 Å². The standard InChI is InChI=1S/C27H33F2N3O2/c1-18-16-31(14-15-32(18)27(34)21-10-6-7-11-21)17-22-19(2)24(13-12-23(22)28)30-26(33)25(29)20-8-4-3-5-9-20/h3-5,8-9,12-13,18,21,25H,6-7,10-11,14-17H2,1-2H3,(H,30,33)/t18-,25?/m0/s1. The molecule has 0 radical (unpaired) electrons. The Morgan fingerprint density at radius 2 is 1.79 bits per heavy atom. The van der Waals surface area contributed by atoms with Gasteiger partial charge in [-0.15, -0.1) is 0 Å². The van der Waals surface area contributed by atoms with Gasteiger partial charge in [0.25, 0.3) is 5.91 Å². The van der Waals surface area contributed by atoms with E-state index in [-0.39, 0.29) is 29.2 Å². The highest BCUT2D eigenvalue weighted by atomic mass is 19.1. The van der Waals surface area contributed by atoms with Crippen molar-refractivity contribution in [1.82, 2.24) is 9.80 Å². The van der Waals surface area contributed by atoms with Gasteiger partial charge in [-0.25, -0.2) is 8.78 Å². The second-order valence-corrected chi connectivity index (χ2v) is 9.56. The van der Waals surface area contributed by atoms with Gasteiger partial charge in [0, 0.05) is 49.4 Å². The first-order chi connectivity index (χ1) is 16.3. The Balaban J connectivity index is 1.41. The third-order valence-corrected chi connectivity index (χ3v) is 7.20. The number of hydrogen-bond donors (Lipinski definition) is 1. The van der Waals surface area contributed by atoms with E-state index < -0.39 is 12.1 Å². The second-order valence-electron chi connectivity index (χ2n) is 9.56. The van der Waals surface area contributed by atoms with E-state index in [1.54, 1.807) is 37.3 Å². The molecular weight excluding hydrogens is 436 g/mol. The van der Waals surface area contributed by atoms with Crippen molar-refractivity contribution in [1.29, 1.82) is 0 Å². The molecule has 1 saturated carbocycles. The van der Waals surface area contributed by atoms with Crippen molar-refractivity contribution in [2.75, 3.05) is 25.0 Å². The lowest BCUT2D eigenvalue weighted by Crippen LogP contribution is -2.54. The van der Waals surface area contributed by atoms with E-state index in [0.717, 1.165) is 25.7 Å². The predicted molar refractivity (Wildman–Crippen MR) is 128 cm³/mol. The lowest BCUT2D eigenvalue weighted by Gasteiger charge is -2.41. The lowest BCUT2D eigenvalue weighted by molar-refractivity contribution is -0.140. The van der Waals surface area contributed by atoms with E-state index in [2.05, 4.69) is 10.2 Å². The molecule has 4 rings (SSSR count). The number of halogens is 2. The number of anilines is 1. The third-order valence-electron chi connectivity index (χ3n) is 7.20. The fourth-order valence-corrected chi connectivity index (χ4v) is 5.16. The normalized spacial score (nSPS) is 20.4. The summed E-state index contributed by atoms with van der Waals surface area (Å²) in [6.45, 7) is 6.12. The van der Waals surface area contributed by atoms with Crippen LogP contribution in [0.15, 0.2) is 42.5 Å². The minimum atomic E-state index is -1.81. The van der Waals surface area contributed by atoms with Crippen molar-refractivity contribution < 1.29 is 18.4 Å². The molecule has 182 valence electrons. The molecule has 0 aromatic heterocycles. The van der Waals surface area contributed by atoms with Crippen molar-refractivity contribution in [2.45, 2.75) is 58.3 Å². The van der Waals surface area contributed by atoms with Crippen LogP contribution in [0.4, 0.5) is 14.5 Å². The average Bonchev–Trinajstić information content (AvgIpc) is 3.38. The Morgan fingerprint density at radius 1 is 1.09 bits per heavy atom. The largest absolute Gasteiger partial charge is 0.337 e. The van der Waals surface area contributed by atoms with Crippen LogP contribution in [-0.4, -0.2) is 47.3 Å². The molecule has 2 fully saturated rings. The highest BCUT2D eigenvalue weighted by Crippen LogP contribution is 2.29. The molecule has 34 heavy (non-hydrogen) atoms. The van der Waals surface area contributed by atoms with Crippen LogP contribution in [0, 0.1) is 18.7 Å². The first-order valence-corrected chi connectivity index (χ1v) is 12.2. The molecule has 5 nitrogen and oxygen atoms in total. The molecule has 1 saturated heterocycles. The van der Waals surface area contributed by atoms with Gasteiger partial charge in [0.15, 0.2) is 0 Å². The summed E-state index contributed by atoms with van der Waals surface area (Å²) in [5.74, 6) is -0.716. The molecule has 1 N–H and O–H groups in total. The molecule has 2 aliphatic rings. The van der Waals surface area contributed by atoms with Gasteiger partial charge in [-0.1, -0.05) is 43.2 Å². The monoisotopic (exact) mass is 469 g/mol. The molecule has 1 aliphatic heterocycles. The van der Waals surface area contributed by atoms with Crippen molar-refractivity contribution in [3.63, 3.8) is 0 Å². The zero-order valence-corrected chi connectivity index (χ0v) is 19.9. The van der Waals surface area contributed by atoms with Crippen molar-refractivity contribution in [3.8, 4) is 0 Å². The number of hydrogen-bond acceptors (Lipinski definition) is 3. The maximum atomic E-state index is 14.8. The number of alkyl halides is 1. The Hall–Kier alpha value is -2.80. The summed E-state index contributed by atoms with van der Waals surface area (Å²) in [5, 5.41) is 2.62. The molecule has 2 aromatic rings. The van der Waals surface area contributed by atoms with Gasteiger partial charge in [0.1, 0.15) is 5.82 Å². The highest BCUT2D eigenvalue weighted by molar-refractivity contribution is 5.95. The SMILES string of the molecule is Cc1c(NC(=O)C(F)c2ccccc2)ccc(F)c1CN1CCN(C(=O)C2CCCC2)[C@@H](C)C1. The summed E-state index contributed by atoms with van der Waals surface area (Å²) in [4.78, 5) is 29.5. The fraction of sp³-hybridized carbons (Fsp3) is 0.481. The topological polar surface area (TPSA) is 52.7 Å². The van der Waals surface area contributed by atoms with E-state index in [0.29, 0.717) is 43.0 Å². The zero-order chi connectivity index (χ0) is 24.2. The second kappa shape index (κ2) is 10.6. The van der Waals surface area contributed by atoms with Crippen molar-refractivity contribution >= 4 is 17.5 Å². The summed E-state index contributed by atoms with van der Waals surface area (Å²) in [5.41, 5.74) is 1.75. The molecule has 0 spiro atoms. The van der Waals surface area contributed by atoms with E-state index in [1.165, 1.54) is 12.1 Å². The minimum Gasteiger partial charge on any atom is -0.337 e. The van der Waals surface area contributed by atoms with Gasteiger partial charge in [-0.05, 0) is 49.9 Å². The first kappa shape index (κ1) is 24.3. The van der Waals surface area contributed by atoms with Crippen LogP contribution in [0.3, 0.4) is 0 Å². The van der Waals surface area contributed by atoms with Gasteiger partial charge in [0.05, 0.1) is 0 Å². The summed E-state index contributed by atoms with van der Waals surface area (Å²) >= 11 is 0. The molecule has 0 bridgehead atoms. The number of nitrogens with zero attached hydrogens (tertiary/aromatic N) is 2. The molecule has 2 amide bonds. The van der Waals surface area contributed by atoms with Gasteiger partial charge in [-0.2, -0.15) is 0 Å².